The Morgan fingerprint density at radius 3 is 2.84 bits per heavy atom. The standard InChI is InChI=1S/C23H19N3O6/c1-13(16-3-2-4-19-21(16)30-10-9-29-19)25-23-26-17-6-5-14(12-20(17)32-23)31-15-7-8-24-18(11-15)22(27)28/h2-8,11-13H,9-10H2,1H3,(H,25,26)(H,27,28). The van der Waals surface area contributed by atoms with Crippen molar-refractivity contribution in [3.63, 3.8) is 0 Å². The Morgan fingerprint density at radius 1 is 1.12 bits per heavy atom. The molecule has 9 heteroatoms. The third kappa shape index (κ3) is 3.87. The van der Waals surface area contributed by atoms with Crippen LogP contribution in [0, 0.1) is 0 Å². The van der Waals surface area contributed by atoms with E-state index in [1.54, 1.807) is 24.3 Å². The molecule has 0 saturated heterocycles. The summed E-state index contributed by atoms with van der Waals surface area (Å²) in [5.41, 5.74) is 2.03. The van der Waals surface area contributed by atoms with Gasteiger partial charge >= 0.3 is 5.97 Å². The van der Waals surface area contributed by atoms with Gasteiger partial charge in [0.05, 0.1) is 6.04 Å². The number of hydrogen-bond donors (Lipinski definition) is 2. The molecule has 0 aliphatic carbocycles. The van der Waals surface area contributed by atoms with Gasteiger partial charge in [-0.1, -0.05) is 12.1 Å². The third-order valence-electron chi connectivity index (χ3n) is 4.95. The van der Waals surface area contributed by atoms with Crippen LogP contribution in [0.15, 0.2) is 59.1 Å². The Hall–Kier alpha value is -4.27. The van der Waals surface area contributed by atoms with Crippen LogP contribution in [-0.4, -0.2) is 34.3 Å². The smallest absolute Gasteiger partial charge is 0.354 e. The largest absolute Gasteiger partial charge is 0.486 e. The van der Waals surface area contributed by atoms with Crippen molar-refractivity contribution in [3.8, 4) is 23.0 Å². The van der Waals surface area contributed by atoms with Crippen LogP contribution >= 0.6 is 0 Å². The van der Waals surface area contributed by atoms with Crippen LogP contribution < -0.4 is 19.5 Å². The molecular formula is C23H19N3O6. The summed E-state index contributed by atoms with van der Waals surface area (Å²) in [7, 11) is 0. The number of ether oxygens (including phenoxy) is 3. The third-order valence-corrected chi connectivity index (χ3v) is 4.95. The number of para-hydroxylation sites is 1. The highest BCUT2D eigenvalue weighted by atomic mass is 16.6. The summed E-state index contributed by atoms with van der Waals surface area (Å²) in [6.45, 7) is 3.03. The molecule has 3 heterocycles. The summed E-state index contributed by atoms with van der Waals surface area (Å²) in [6.07, 6.45) is 1.38. The number of benzene rings is 2. The summed E-state index contributed by atoms with van der Waals surface area (Å²) < 4.78 is 23.1. The number of fused-ring (bicyclic) bond motifs is 2. The van der Waals surface area contributed by atoms with Crippen LogP contribution in [0.3, 0.4) is 0 Å². The molecule has 1 aliphatic heterocycles. The van der Waals surface area contributed by atoms with E-state index < -0.39 is 5.97 Å². The van der Waals surface area contributed by atoms with Crippen LogP contribution in [0.1, 0.15) is 29.0 Å². The minimum Gasteiger partial charge on any atom is -0.486 e. The van der Waals surface area contributed by atoms with Gasteiger partial charge in [0.1, 0.15) is 30.2 Å². The molecule has 1 unspecified atom stereocenters. The molecule has 0 fully saturated rings. The van der Waals surface area contributed by atoms with Crippen LogP contribution in [-0.2, 0) is 0 Å². The number of carboxylic acid groups (broad SMARTS) is 1. The van der Waals surface area contributed by atoms with Gasteiger partial charge in [-0.25, -0.2) is 9.78 Å². The summed E-state index contributed by atoms with van der Waals surface area (Å²) >= 11 is 0. The number of anilines is 1. The van der Waals surface area contributed by atoms with Crippen LogP contribution in [0.25, 0.3) is 11.1 Å². The molecule has 162 valence electrons. The van der Waals surface area contributed by atoms with Gasteiger partial charge in [0, 0.05) is 23.9 Å². The van der Waals surface area contributed by atoms with Crippen LogP contribution in [0.4, 0.5) is 6.01 Å². The van der Waals surface area contributed by atoms with Gasteiger partial charge in [0.15, 0.2) is 22.8 Å². The van der Waals surface area contributed by atoms with E-state index in [0.29, 0.717) is 41.8 Å². The summed E-state index contributed by atoms with van der Waals surface area (Å²) in [6, 6.07) is 14.1. The lowest BCUT2D eigenvalue weighted by molar-refractivity contribution is 0.0690. The lowest BCUT2D eigenvalue weighted by Gasteiger charge is -2.23. The van der Waals surface area contributed by atoms with Gasteiger partial charge in [-0.3, -0.25) is 0 Å². The van der Waals surface area contributed by atoms with Crippen molar-refractivity contribution in [1.82, 2.24) is 9.97 Å². The lowest BCUT2D eigenvalue weighted by atomic mass is 10.1. The van der Waals surface area contributed by atoms with Gasteiger partial charge in [0.25, 0.3) is 6.01 Å². The zero-order valence-corrected chi connectivity index (χ0v) is 17.1. The minimum absolute atomic E-state index is 0.0961. The van der Waals surface area contributed by atoms with E-state index in [9.17, 15) is 4.79 Å². The fraction of sp³-hybridized carbons (Fsp3) is 0.174. The van der Waals surface area contributed by atoms with Gasteiger partial charge in [-0.15, -0.1) is 0 Å². The Labute approximate surface area is 182 Å². The number of rotatable bonds is 6. The monoisotopic (exact) mass is 433 g/mol. The Balaban J connectivity index is 1.35. The maximum absolute atomic E-state index is 11.1. The van der Waals surface area contributed by atoms with Crippen LogP contribution in [0.5, 0.6) is 23.0 Å². The van der Waals surface area contributed by atoms with E-state index in [2.05, 4.69) is 15.3 Å². The number of nitrogens with zero attached hydrogens (tertiary/aromatic N) is 2. The lowest BCUT2D eigenvalue weighted by Crippen LogP contribution is -2.18. The summed E-state index contributed by atoms with van der Waals surface area (Å²) in [4.78, 5) is 19.4. The Bertz CT molecular complexity index is 1300. The summed E-state index contributed by atoms with van der Waals surface area (Å²) in [5.74, 6) is 1.17. The average molecular weight is 433 g/mol. The van der Waals surface area contributed by atoms with E-state index in [-0.39, 0.29) is 11.7 Å². The second kappa shape index (κ2) is 8.10. The predicted octanol–water partition coefficient (Wildman–Crippen LogP) is 4.66. The first-order chi connectivity index (χ1) is 15.6. The molecule has 9 nitrogen and oxygen atoms in total. The number of nitrogens with one attached hydrogen (secondary N) is 1. The first-order valence-corrected chi connectivity index (χ1v) is 9.99. The van der Waals surface area contributed by atoms with Crippen molar-refractivity contribution in [2.24, 2.45) is 0 Å². The SMILES string of the molecule is CC(Nc1nc2ccc(Oc3ccnc(C(=O)O)c3)cc2o1)c1cccc2c1OCCO2. The molecule has 2 aromatic heterocycles. The van der Waals surface area contributed by atoms with E-state index >= 15 is 0 Å². The van der Waals surface area contributed by atoms with Crippen molar-refractivity contribution in [2.75, 3.05) is 18.5 Å². The fourth-order valence-corrected chi connectivity index (χ4v) is 3.46. The zero-order chi connectivity index (χ0) is 22.1. The second-order valence-electron chi connectivity index (χ2n) is 7.17. The highest BCUT2D eigenvalue weighted by molar-refractivity contribution is 5.85. The molecule has 32 heavy (non-hydrogen) atoms. The quantitative estimate of drug-likeness (QED) is 0.448. The first-order valence-electron chi connectivity index (χ1n) is 9.99. The number of pyridine rings is 1. The Morgan fingerprint density at radius 2 is 1.97 bits per heavy atom. The number of carboxylic acids is 1. The Kier molecular flexibility index (Phi) is 4.98. The highest BCUT2D eigenvalue weighted by Gasteiger charge is 2.21. The molecule has 0 amide bonds. The normalized spacial score (nSPS) is 13.5. The number of oxazole rings is 1. The molecule has 2 aromatic carbocycles. The summed E-state index contributed by atoms with van der Waals surface area (Å²) in [5, 5.41) is 12.3. The van der Waals surface area contributed by atoms with Crippen molar-refractivity contribution in [3.05, 3.63) is 66.0 Å². The minimum atomic E-state index is -1.12. The topological polar surface area (TPSA) is 116 Å². The molecule has 5 rings (SSSR count). The predicted molar refractivity (Wildman–Crippen MR) is 115 cm³/mol. The average Bonchev–Trinajstić information content (AvgIpc) is 3.20. The maximum atomic E-state index is 11.1. The first kappa shape index (κ1) is 19.7. The molecule has 0 radical (unpaired) electrons. The second-order valence-corrected chi connectivity index (χ2v) is 7.17. The van der Waals surface area contributed by atoms with E-state index in [1.807, 2.05) is 25.1 Å². The number of carbonyl (C=O) groups is 1. The van der Waals surface area contributed by atoms with Crippen molar-refractivity contribution >= 4 is 23.1 Å². The van der Waals surface area contributed by atoms with Gasteiger partial charge < -0.3 is 29.1 Å². The van der Waals surface area contributed by atoms with Gasteiger partial charge in [0.2, 0.25) is 0 Å². The van der Waals surface area contributed by atoms with Crippen LogP contribution in [0.2, 0.25) is 0 Å². The molecule has 0 bridgehead atoms. The van der Waals surface area contributed by atoms with Crippen molar-refractivity contribution in [1.29, 1.82) is 0 Å². The highest BCUT2D eigenvalue weighted by Crippen LogP contribution is 2.38. The molecule has 4 aromatic rings. The number of aromatic nitrogens is 2. The van der Waals surface area contributed by atoms with Gasteiger partial charge in [-0.05, 0) is 31.2 Å². The molecule has 1 aliphatic rings. The van der Waals surface area contributed by atoms with E-state index in [0.717, 1.165) is 17.1 Å². The fourth-order valence-electron chi connectivity index (χ4n) is 3.46. The van der Waals surface area contributed by atoms with Gasteiger partial charge in [-0.2, -0.15) is 4.98 Å². The molecule has 2 N–H and O–H groups in total. The maximum Gasteiger partial charge on any atom is 0.354 e. The van der Waals surface area contributed by atoms with E-state index in [4.69, 9.17) is 23.7 Å². The van der Waals surface area contributed by atoms with E-state index in [1.165, 1.54) is 12.3 Å². The molecule has 1 atom stereocenters. The molecule has 0 spiro atoms. The number of aromatic carboxylic acids is 1. The van der Waals surface area contributed by atoms with Crippen molar-refractivity contribution in [2.45, 2.75) is 13.0 Å². The molecule has 0 saturated carbocycles. The number of hydrogen-bond acceptors (Lipinski definition) is 8. The molecular weight excluding hydrogens is 414 g/mol. The van der Waals surface area contributed by atoms with Crippen molar-refractivity contribution < 1.29 is 28.5 Å². The zero-order valence-electron chi connectivity index (χ0n) is 17.1.